The third-order valence-corrected chi connectivity index (χ3v) is 2.25. The maximum absolute atomic E-state index is 11.3. The van der Waals surface area contributed by atoms with Gasteiger partial charge in [0, 0.05) is 19.1 Å². The first kappa shape index (κ1) is 11.9. The van der Waals surface area contributed by atoms with Crippen LogP contribution in [-0.2, 0) is 4.79 Å². The smallest absolute Gasteiger partial charge is 0.236 e. The van der Waals surface area contributed by atoms with Gasteiger partial charge in [-0.1, -0.05) is 6.92 Å². The molecule has 1 heterocycles. The normalized spacial score (nSPS) is 20.2. The number of nitrogens with zero attached hydrogens (tertiary/aromatic N) is 1. The van der Waals surface area contributed by atoms with Gasteiger partial charge in [0.1, 0.15) is 0 Å². The van der Waals surface area contributed by atoms with Crippen LogP contribution in [0.15, 0.2) is 0 Å². The predicted molar refractivity (Wildman–Crippen MR) is 54.7 cm³/mol. The quantitative estimate of drug-likeness (QED) is 0.770. The molecule has 0 spiro atoms. The molecule has 0 aromatic carbocycles. The number of carbonyl (C=O) groups is 1. The lowest BCUT2D eigenvalue weighted by Crippen LogP contribution is -2.51. The van der Waals surface area contributed by atoms with Crippen molar-refractivity contribution in [2.45, 2.75) is 26.3 Å². The lowest BCUT2D eigenvalue weighted by molar-refractivity contribution is -0.134. The zero-order valence-electron chi connectivity index (χ0n) is 7.67. The van der Waals surface area contributed by atoms with Gasteiger partial charge in [0.15, 0.2) is 0 Å². The maximum Gasteiger partial charge on any atom is 0.236 e. The Balaban J connectivity index is 0.00000121. The predicted octanol–water partition coefficient (Wildman–Crippen LogP) is 0.795. The van der Waals surface area contributed by atoms with E-state index in [2.05, 4.69) is 19.2 Å². The average Bonchev–Trinajstić information content (AvgIpc) is 2.04. The van der Waals surface area contributed by atoms with Crippen molar-refractivity contribution in [3.63, 3.8) is 0 Å². The van der Waals surface area contributed by atoms with Crippen LogP contribution < -0.4 is 5.32 Å². The van der Waals surface area contributed by atoms with Crippen LogP contribution in [0.5, 0.6) is 0 Å². The maximum atomic E-state index is 11.3. The van der Waals surface area contributed by atoms with Gasteiger partial charge < -0.3 is 10.2 Å². The molecule has 0 bridgehead atoms. The highest BCUT2D eigenvalue weighted by molar-refractivity contribution is 8.93. The first-order valence-electron chi connectivity index (χ1n) is 4.26. The first-order chi connectivity index (χ1) is 5.25. The minimum Gasteiger partial charge on any atom is -0.338 e. The summed E-state index contributed by atoms with van der Waals surface area (Å²) in [6.45, 7) is 6.54. The molecular formula is C8H17BrN2O. The van der Waals surface area contributed by atoms with Crippen molar-refractivity contribution in [2.75, 3.05) is 19.6 Å². The number of nitrogens with one attached hydrogen (secondary N) is 1. The van der Waals surface area contributed by atoms with Crippen molar-refractivity contribution < 1.29 is 4.79 Å². The number of carbonyl (C=O) groups excluding carboxylic acids is 1. The van der Waals surface area contributed by atoms with Crippen molar-refractivity contribution in [3.05, 3.63) is 0 Å². The zero-order valence-corrected chi connectivity index (χ0v) is 9.38. The van der Waals surface area contributed by atoms with Gasteiger partial charge in [0.05, 0.1) is 6.54 Å². The molecule has 1 fully saturated rings. The summed E-state index contributed by atoms with van der Waals surface area (Å²) < 4.78 is 0. The van der Waals surface area contributed by atoms with Crippen LogP contribution in [0.1, 0.15) is 20.3 Å². The molecule has 1 rings (SSSR count). The lowest BCUT2D eigenvalue weighted by atomic mass is 10.2. The van der Waals surface area contributed by atoms with E-state index in [-0.39, 0.29) is 22.9 Å². The Hall–Kier alpha value is -0.0900. The Morgan fingerprint density at radius 2 is 2.33 bits per heavy atom. The highest BCUT2D eigenvalue weighted by atomic mass is 79.9. The van der Waals surface area contributed by atoms with E-state index < -0.39 is 0 Å². The third kappa shape index (κ3) is 2.75. The molecule has 1 N–H and O–H groups in total. The highest BCUT2D eigenvalue weighted by Crippen LogP contribution is 2.04. The molecule has 0 radical (unpaired) electrons. The Morgan fingerprint density at radius 1 is 1.67 bits per heavy atom. The van der Waals surface area contributed by atoms with E-state index in [1.54, 1.807) is 0 Å². The van der Waals surface area contributed by atoms with E-state index in [1.807, 2.05) is 4.90 Å². The third-order valence-electron chi connectivity index (χ3n) is 2.25. The highest BCUT2D eigenvalue weighted by Gasteiger charge is 2.20. The van der Waals surface area contributed by atoms with Gasteiger partial charge in [-0.15, -0.1) is 17.0 Å². The summed E-state index contributed by atoms with van der Waals surface area (Å²) in [5.74, 6) is 0.241. The molecule has 1 aliphatic rings. The Labute approximate surface area is 84.3 Å². The van der Waals surface area contributed by atoms with Gasteiger partial charge in [-0.3, -0.25) is 4.79 Å². The molecule has 4 heteroatoms. The van der Waals surface area contributed by atoms with Crippen molar-refractivity contribution >= 4 is 22.9 Å². The molecule has 1 atom stereocenters. The van der Waals surface area contributed by atoms with Gasteiger partial charge in [-0.2, -0.15) is 0 Å². The summed E-state index contributed by atoms with van der Waals surface area (Å²) >= 11 is 0. The lowest BCUT2D eigenvalue weighted by Gasteiger charge is -2.32. The Bertz CT molecular complexity index is 152. The molecule has 1 unspecified atom stereocenters. The fourth-order valence-electron chi connectivity index (χ4n) is 1.31. The molecule has 72 valence electrons. The van der Waals surface area contributed by atoms with Crippen LogP contribution in [-0.4, -0.2) is 36.5 Å². The fourth-order valence-corrected chi connectivity index (χ4v) is 1.31. The Morgan fingerprint density at radius 3 is 2.83 bits per heavy atom. The molecule has 1 aliphatic heterocycles. The van der Waals surface area contributed by atoms with Crippen LogP contribution in [0.3, 0.4) is 0 Å². The molecule has 0 saturated carbocycles. The summed E-state index contributed by atoms with van der Waals surface area (Å²) in [5.41, 5.74) is 0. The second kappa shape index (κ2) is 5.54. The van der Waals surface area contributed by atoms with E-state index in [0.717, 1.165) is 19.5 Å². The SMILES string of the molecule is Br.CCC(C)N1CCNCC1=O. The topological polar surface area (TPSA) is 32.3 Å². The van der Waals surface area contributed by atoms with E-state index in [1.165, 1.54) is 0 Å². The number of rotatable bonds is 2. The van der Waals surface area contributed by atoms with Crippen LogP contribution in [0, 0.1) is 0 Å². The number of halogens is 1. The number of hydrogen-bond donors (Lipinski definition) is 1. The van der Waals surface area contributed by atoms with Gasteiger partial charge in [-0.25, -0.2) is 0 Å². The van der Waals surface area contributed by atoms with Gasteiger partial charge in [0.2, 0.25) is 5.91 Å². The van der Waals surface area contributed by atoms with E-state index in [4.69, 9.17) is 0 Å². The minimum atomic E-state index is 0. The molecular weight excluding hydrogens is 220 g/mol. The molecule has 0 aliphatic carbocycles. The minimum absolute atomic E-state index is 0. The van der Waals surface area contributed by atoms with Crippen molar-refractivity contribution in [1.82, 2.24) is 10.2 Å². The summed E-state index contributed by atoms with van der Waals surface area (Å²) in [4.78, 5) is 13.2. The largest absolute Gasteiger partial charge is 0.338 e. The summed E-state index contributed by atoms with van der Waals surface area (Å²) in [6, 6.07) is 0.407. The number of piperazine rings is 1. The van der Waals surface area contributed by atoms with Crippen LogP contribution in [0.25, 0.3) is 0 Å². The van der Waals surface area contributed by atoms with Gasteiger partial charge in [-0.05, 0) is 13.3 Å². The Kier molecular flexibility index (Phi) is 5.50. The molecule has 3 nitrogen and oxygen atoms in total. The van der Waals surface area contributed by atoms with Crippen molar-refractivity contribution in [2.24, 2.45) is 0 Å². The second-order valence-electron chi connectivity index (χ2n) is 3.02. The fraction of sp³-hybridized carbons (Fsp3) is 0.875. The van der Waals surface area contributed by atoms with Gasteiger partial charge >= 0.3 is 0 Å². The summed E-state index contributed by atoms with van der Waals surface area (Å²) in [6.07, 6.45) is 1.05. The standard InChI is InChI=1S/C8H16N2O.BrH/c1-3-7(2)10-5-4-9-6-8(10)11;/h7,9H,3-6H2,1-2H3;1H. The molecule has 0 aromatic heterocycles. The number of hydrogen-bond acceptors (Lipinski definition) is 2. The van der Waals surface area contributed by atoms with Gasteiger partial charge in [0.25, 0.3) is 0 Å². The van der Waals surface area contributed by atoms with E-state index >= 15 is 0 Å². The van der Waals surface area contributed by atoms with E-state index in [9.17, 15) is 4.79 Å². The molecule has 12 heavy (non-hydrogen) atoms. The van der Waals surface area contributed by atoms with E-state index in [0.29, 0.717) is 12.6 Å². The van der Waals surface area contributed by atoms with Crippen LogP contribution in [0.4, 0.5) is 0 Å². The monoisotopic (exact) mass is 236 g/mol. The van der Waals surface area contributed by atoms with Crippen molar-refractivity contribution in [3.8, 4) is 0 Å². The summed E-state index contributed by atoms with van der Waals surface area (Å²) in [7, 11) is 0. The van der Waals surface area contributed by atoms with Crippen LogP contribution >= 0.6 is 17.0 Å². The number of amides is 1. The average molecular weight is 237 g/mol. The molecule has 0 aromatic rings. The second-order valence-corrected chi connectivity index (χ2v) is 3.02. The van der Waals surface area contributed by atoms with Crippen molar-refractivity contribution in [1.29, 1.82) is 0 Å². The first-order valence-corrected chi connectivity index (χ1v) is 4.26. The summed E-state index contributed by atoms with van der Waals surface area (Å²) in [5, 5.41) is 3.05. The zero-order chi connectivity index (χ0) is 8.27. The molecule has 1 saturated heterocycles. The van der Waals surface area contributed by atoms with Crippen LogP contribution in [0.2, 0.25) is 0 Å². The molecule has 1 amide bonds.